The molecule has 1 unspecified atom stereocenters. The maximum absolute atomic E-state index is 6.09. The Balaban J connectivity index is 2.77. The molecule has 0 aromatic heterocycles. The Bertz CT molecular complexity index is 225. The van der Waals surface area contributed by atoms with Crippen LogP contribution in [-0.4, -0.2) is 0 Å². The van der Waals surface area contributed by atoms with Crippen molar-refractivity contribution < 1.29 is 0 Å². The van der Waals surface area contributed by atoms with Crippen molar-refractivity contribution in [3.63, 3.8) is 0 Å². The molecule has 0 aliphatic carbocycles. The number of hydrogen-bond donors (Lipinski definition) is 0. The fraction of sp³-hybridized carbons (Fsp3) is 0.455. The van der Waals surface area contributed by atoms with Gasteiger partial charge in [-0.05, 0) is 24.0 Å². The molecule has 1 heteroatoms. The Morgan fingerprint density at radius 2 is 1.75 bits per heavy atom. The van der Waals surface area contributed by atoms with Crippen LogP contribution in [0.4, 0.5) is 0 Å². The van der Waals surface area contributed by atoms with Crippen LogP contribution in [0.15, 0.2) is 24.3 Å². The molecule has 0 amide bonds. The van der Waals surface area contributed by atoms with Crippen molar-refractivity contribution >= 4 is 11.6 Å². The maximum atomic E-state index is 6.09. The van der Waals surface area contributed by atoms with Crippen LogP contribution >= 0.6 is 11.6 Å². The number of aryl methyl sites for hydroxylation is 1. The van der Waals surface area contributed by atoms with E-state index in [-0.39, 0.29) is 5.38 Å². The zero-order chi connectivity index (χ0) is 8.97. The summed E-state index contributed by atoms with van der Waals surface area (Å²) in [6.07, 6.45) is 2.09. The van der Waals surface area contributed by atoms with Gasteiger partial charge in [0.05, 0.1) is 5.38 Å². The van der Waals surface area contributed by atoms with Crippen LogP contribution < -0.4 is 0 Å². The fourth-order valence-corrected chi connectivity index (χ4v) is 1.34. The van der Waals surface area contributed by atoms with Gasteiger partial charge in [0.25, 0.3) is 0 Å². The summed E-state index contributed by atoms with van der Waals surface area (Å²) >= 11 is 6.09. The summed E-state index contributed by atoms with van der Waals surface area (Å²) in [5.74, 6) is 0. The third kappa shape index (κ3) is 2.25. The first-order chi connectivity index (χ1) is 5.77. The van der Waals surface area contributed by atoms with Gasteiger partial charge in [-0.2, -0.15) is 0 Å². The zero-order valence-corrected chi connectivity index (χ0v) is 8.43. The van der Waals surface area contributed by atoms with Crippen molar-refractivity contribution in [1.82, 2.24) is 0 Å². The van der Waals surface area contributed by atoms with Crippen molar-refractivity contribution in [2.75, 3.05) is 0 Å². The van der Waals surface area contributed by atoms with Crippen LogP contribution in [-0.2, 0) is 6.42 Å². The number of hydrogen-bond acceptors (Lipinski definition) is 0. The van der Waals surface area contributed by atoms with Crippen molar-refractivity contribution in [3.05, 3.63) is 35.4 Å². The highest BCUT2D eigenvalue weighted by atomic mass is 35.5. The third-order valence-corrected chi connectivity index (χ3v) is 2.67. The van der Waals surface area contributed by atoms with Gasteiger partial charge in [-0.25, -0.2) is 0 Å². The maximum Gasteiger partial charge on any atom is 0.0582 e. The van der Waals surface area contributed by atoms with E-state index in [4.69, 9.17) is 11.6 Å². The van der Waals surface area contributed by atoms with Crippen molar-refractivity contribution in [1.29, 1.82) is 0 Å². The fourth-order valence-electron chi connectivity index (χ4n) is 1.20. The first-order valence-corrected chi connectivity index (χ1v) is 4.94. The van der Waals surface area contributed by atoms with Gasteiger partial charge in [-0.3, -0.25) is 0 Å². The van der Waals surface area contributed by atoms with Gasteiger partial charge >= 0.3 is 0 Å². The van der Waals surface area contributed by atoms with Crippen LogP contribution in [0.5, 0.6) is 0 Å². The second kappa shape index (κ2) is 4.51. The molecule has 0 bridgehead atoms. The van der Waals surface area contributed by atoms with Gasteiger partial charge < -0.3 is 0 Å². The summed E-state index contributed by atoms with van der Waals surface area (Å²) in [6, 6.07) is 8.56. The zero-order valence-electron chi connectivity index (χ0n) is 7.68. The average molecular weight is 183 g/mol. The lowest BCUT2D eigenvalue weighted by Gasteiger charge is -2.06. The Morgan fingerprint density at radius 1 is 1.17 bits per heavy atom. The standard InChI is InChI=1S/C11H15Cl/c1-3-9-5-7-10(8-6-9)11(12)4-2/h5-8,11H,3-4H2,1-2H3. The van der Waals surface area contributed by atoms with E-state index in [0.29, 0.717) is 0 Å². The van der Waals surface area contributed by atoms with Gasteiger partial charge in [0.1, 0.15) is 0 Å². The molecular formula is C11H15Cl. The molecule has 0 heterocycles. The van der Waals surface area contributed by atoms with E-state index in [1.54, 1.807) is 0 Å². The summed E-state index contributed by atoms with van der Waals surface area (Å²) in [7, 11) is 0. The SMILES string of the molecule is CCc1ccc(C(Cl)CC)cc1. The van der Waals surface area contributed by atoms with Crippen LogP contribution in [0, 0.1) is 0 Å². The molecule has 0 saturated heterocycles. The van der Waals surface area contributed by atoms with Gasteiger partial charge in [-0.1, -0.05) is 38.1 Å². The predicted molar refractivity (Wildman–Crippen MR) is 54.7 cm³/mol. The highest BCUT2D eigenvalue weighted by Crippen LogP contribution is 2.23. The van der Waals surface area contributed by atoms with E-state index in [2.05, 4.69) is 38.1 Å². The Kier molecular flexibility index (Phi) is 3.61. The summed E-state index contributed by atoms with van der Waals surface area (Å²) in [5.41, 5.74) is 2.61. The van der Waals surface area contributed by atoms with Crippen molar-refractivity contribution in [3.8, 4) is 0 Å². The number of alkyl halides is 1. The Morgan fingerprint density at radius 3 is 2.17 bits per heavy atom. The van der Waals surface area contributed by atoms with E-state index in [0.717, 1.165) is 12.8 Å². The average Bonchev–Trinajstić information content (AvgIpc) is 2.17. The first-order valence-electron chi connectivity index (χ1n) is 4.50. The Hall–Kier alpha value is -0.490. The lowest BCUT2D eigenvalue weighted by molar-refractivity contribution is 0.882. The van der Waals surface area contributed by atoms with Gasteiger partial charge in [0.2, 0.25) is 0 Å². The van der Waals surface area contributed by atoms with E-state index >= 15 is 0 Å². The van der Waals surface area contributed by atoms with Crippen LogP contribution in [0.3, 0.4) is 0 Å². The van der Waals surface area contributed by atoms with Crippen LogP contribution in [0.2, 0.25) is 0 Å². The van der Waals surface area contributed by atoms with Gasteiger partial charge in [-0.15, -0.1) is 11.6 Å². The van der Waals surface area contributed by atoms with Crippen molar-refractivity contribution in [2.45, 2.75) is 32.1 Å². The van der Waals surface area contributed by atoms with E-state index in [9.17, 15) is 0 Å². The number of rotatable bonds is 3. The van der Waals surface area contributed by atoms with Gasteiger partial charge in [0, 0.05) is 0 Å². The molecule has 0 aliphatic heterocycles. The first kappa shape index (κ1) is 9.60. The lowest BCUT2D eigenvalue weighted by atomic mass is 10.1. The molecule has 12 heavy (non-hydrogen) atoms. The third-order valence-electron chi connectivity index (χ3n) is 2.11. The summed E-state index contributed by atoms with van der Waals surface area (Å²) < 4.78 is 0. The normalized spacial score (nSPS) is 12.9. The molecule has 0 N–H and O–H groups in total. The van der Waals surface area contributed by atoms with Crippen LogP contribution in [0.1, 0.15) is 36.8 Å². The molecule has 0 radical (unpaired) electrons. The molecule has 0 spiro atoms. The molecule has 1 aromatic carbocycles. The topological polar surface area (TPSA) is 0 Å². The molecule has 66 valence electrons. The lowest BCUT2D eigenvalue weighted by Crippen LogP contribution is -1.88. The molecule has 1 aromatic rings. The number of halogens is 1. The minimum absolute atomic E-state index is 0.177. The smallest absolute Gasteiger partial charge is 0.0582 e. The second-order valence-electron chi connectivity index (χ2n) is 2.97. The van der Waals surface area contributed by atoms with Crippen LogP contribution in [0.25, 0.3) is 0 Å². The molecule has 0 fully saturated rings. The highest BCUT2D eigenvalue weighted by Gasteiger charge is 2.03. The Labute approximate surface area is 79.6 Å². The highest BCUT2D eigenvalue weighted by molar-refractivity contribution is 6.20. The van der Waals surface area contributed by atoms with Gasteiger partial charge in [0.15, 0.2) is 0 Å². The second-order valence-corrected chi connectivity index (χ2v) is 3.50. The summed E-state index contributed by atoms with van der Waals surface area (Å²) in [6.45, 7) is 4.26. The quantitative estimate of drug-likeness (QED) is 0.622. The van der Waals surface area contributed by atoms with E-state index < -0.39 is 0 Å². The summed E-state index contributed by atoms with van der Waals surface area (Å²) in [4.78, 5) is 0. The van der Waals surface area contributed by atoms with Crippen molar-refractivity contribution in [2.24, 2.45) is 0 Å². The largest absolute Gasteiger partial charge is 0.118 e. The molecule has 0 nitrogen and oxygen atoms in total. The monoisotopic (exact) mass is 182 g/mol. The summed E-state index contributed by atoms with van der Waals surface area (Å²) in [5, 5.41) is 0.177. The minimum atomic E-state index is 0.177. The predicted octanol–water partition coefficient (Wildman–Crippen LogP) is 3.94. The van der Waals surface area contributed by atoms with E-state index in [1.807, 2.05) is 0 Å². The minimum Gasteiger partial charge on any atom is -0.118 e. The molecule has 1 atom stereocenters. The molecule has 0 saturated carbocycles. The molecule has 1 rings (SSSR count). The van der Waals surface area contributed by atoms with E-state index in [1.165, 1.54) is 11.1 Å². The molecule has 0 aliphatic rings. The number of benzene rings is 1. The molecular weight excluding hydrogens is 168 g/mol.